The van der Waals surface area contributed by atoms with Crippen molar-refractivity contribution in [3.05, 3.63) is 24.3 Å². The van der Waals surface area contributed by atoms with E-state index < -0.39 is 0 Å². The molecule has 1 aromatic rings. The molecule has 0 N–H and O–H groups in total. The zero-order valence-corrected chi connectivity index (χ0v) is 11.5. The van der Waals surface area contributed by atoms with Crippen molar-refractivity contribution in [2.24, 2.45) is 5.41 Å². The summed E-state index contributed by atoms with van der Waals surface area (Å²) in [4.78, 5) is 2.32. The SMILES string of the molecule is COc1cccc(N(C)CC2(CBr)CC2)c1. The summed E-state index contributed by atoms with van der Waals surface area (Å²) in [6.45, 7) is 1.12. The third-order valence-corrected chi connectivity index (χ3v) is 4.50. The van der Waals surface area contributed by atoms with Crippen LogP contribution in [-0.4, -0.2) is 26.0 Å². The standard InChI is InChI=1S/C13H18BrNO/c1-15(10-13(9-14)6-7-13)11-4-3-5-12(8-11)16-2/h3-5,8H,6-7,9-10H2,1-2H3. The molecule has 1 fully saturated rings. The zero-order chi connectivity index (χ0) is 11.6. The van der Waals surface area contributed by atoms with Gasteiger partial charge in [0.05, 0.1) is 7.11 Å². The van der Waals surface area contributed by atoms with Crippen LogP contribution in [0.2, 0.25) is 0 Å². The van der Waals surface area contributed by atoms with Gasteiger partial charge in [-0.2, -0.15) is 0 Å². The number of hydrogen-bond acceptors (Lipinski definition) is 2. The number of ether oxygens (including phenoxy) is 1. The molecule has 1 aliphatic carbocycles. The molecule has 1 saturated carbocycles. The van der Waals surface area contributed by atoms with Gasteiger partial charge in [0.2, 0.25) is 0 Å². The van der Waals surface area contributed by atoms with Gasteiger partial charge >= 0.3 is 0 Å². The molecule has 3 heteroatoms. The van der Waals surface area contributed by atoms with Crippen LogP contribution >= 0.6 is 15.9 Å². The maximum Gasteiger partial charge on any atom is 0.120 e. The van der Waals surface area contributed by atoms with Gasteiger partial charge in [0.15, 0.2) is 0 Å². The first kappa shape index (κ1) is 11.8. The third-order valence-electron chi connectivity index (χ3n) is 3.31. The molecule has 16 heavy (non-hydrogen) atoms. The fourth-order valence-electron chi connectivity index (χ4n) is 1.95. The van der Waals surface area contributed by atoms with Crippen LogP contribution in [0.4, 0.5) is 5.69 Å². The minimum absolute atomic E-state index is 0.512. The van der Waals surface area contributed by atoms with Crippen LogP contribution in [0.1, 0.15) is 12.8 Å². The lowest BCUT2D eigenvalue weighted by molar-refractivity contribution is 0.414. The van der Waals surface area contributed by atoms with Crippen LogP contribution in [0.25, 0.3) is 0 Å². The fraction of sp³-hybridized carbons (Fsp3) is 0.538. The molecule has 88 valence electrons. The number of rotatable bonds is 5. The van der Waals surface area contributed by atoms with Crippen molar-refractivity contribution < 1.29 is 4.74 Å². The van der Waals surface area contributed by atoms with Crippen LogP contribution in [0.5, 0.6) is 5.75 Å². The highest BCUT2D eigenvalue weighted by atomic mass is 79.9. The summed E-state index contributed by atoms with van der Waals surface area (Å²) in [5.74, 6) is 0.924. The predicted molar refractivity (Wildman–Crippen MR) is 71.7 cm³/mol. The van der Waals surface area contributed by atoms with Crippen LogP contribution in [-0.2, 0) is 0 Å². The lowest BCUT2D eigenvalue weighted by atomic mass is 10.1. The Bertz CT molecular complexity index is 363. The van der Waals surface area contributed by atoms with E-state index in [4.69, 9.17) is 4.74 Å². The van der Waals surface area contributed by atoms with Gasteiger partial charge in [0.1, 0.15) is 5.75 Å². The molecular weight excluding hydrogens is 266 g/mol. The Hall–Kier alpha value is -0.700. The quantitative estimate of drug-likeness (QED) is 0.769. The van der Waals surface area contributed by atoms with Crippen LogP contribution in [0.3, 0.4) is 0 Å². The maximum absolute atomic E-state index is 5.24. The third kappa shape index (κ3) is 2.51. The van der Waals surface area contributed by atoms with Crippen LogP contribution in [0, 0.1) is 5.41 Å². The molecule has 0 bridgehead atoms. The highest BCUT2D eigenvalue weighted by Crippen LogP contribution is 2.47. The fourth-order valence-corrected chi connectivity index (χ4v) is 2.69. The minimum Gasteiger partial charge on any atom is -0.497 e. The summed E-state index contributed by atoms with van der Waals surface area (Å²) in [5.41, 5.74) is 1.74. The lowest BCUT2D eigenvalue weighted by Crippen LogP contribution is -2.27. The number of methoxy groups -OCH3 is 1. The molecule has 1 aromatic carbocycles. The zero-order valence-electron chi connectivity index (χ0n) is 9.87. The van der Waals surface area contributed by atoms with Crippen molar-refractivity contribution in [2.75, 3.05) is 30.9 Å². The summed E-state index contributed by atoms with van der Waals surface area (Å²) in [6, 6.07) is 8.24. The first-order chi connectivity index (χ1) is 7.69. The monoisotopic (exact) mass is 283 g/mol. The maximum atomic E-state index is 5.24. The number of anilines is 1. The highest BCUT2D eigenvalue weighted by Gasteiger charge is 2.42. The number of halogens is 1. The molecule has 1 aliphatic rings. The molecule has 0 spiro atoms. The van der Waals surface area contributed by atoms with Gasteiger partial charge in [-0.15, -0.1) is 0 Å². The van der Waals surface area contributed by atoms with Gasteiger partial charge in [-0.1, -0.05) is 22.0 Å². The molecule has 2 nitrogen and oxygen atoms in total. The summed E-state index contributed by atoms with van der Waals surface area (Å²) < 4.78 is 5.24. The van der Waals surface area contributed by atoms with E-state index >= 15 is 0 Å². The van der Waals surface area contributed by atoms with E-state index in [9.17, 15) is 0 Å². The summed E-state index contributed by atoms with van der Waals surface area (Å²) >= 11 is 3.61. The Morgan fingerprint density at radius 3 is 2.75 bits per heavy atom. The van der Waals surface area contributed by atoms with E-state index in [2.05, 4.69) is 40.0 Å². The van der Waals surface area contributed by atoms with E-state index in [1.165, 1.54) is 18.5 Å². The van der Waals surface area contributed by atoms with Gasteiger partial charge < -0.3 is 9.64 Å². The van der Waals surface area contributed by atoms with Gasteiger partial charge in [0.25, 0.3) is 0 Å². The number of alkyl halides is 1. The Morgan fingerprint density at radius 2 is 2.19 bits per heavy atom. The normalized spacial score (nSPS) is 16.9. The Labute approximate surface area is 106 Å². The Morgan fingerprint density at radius 1 is 1.44 bits per heavy atom. The van der Waals surface area contributed by atoms with Crippen molar-refractivity contribution >= 4 is 21.6 Å². The minimum atomic E-state index is 0.512. The van der Waals surface area contributed by atoms with Gasteiger partial charge in [-0.25, -0.2) is 0 Å². The van der Waals surface area contributed by atoms with Crippen molar-refractivity contribution in [3.63, 3.8) is 0 Å². The van der Waals surface area contributed by atoms with E-state index in [0.717, 1.165) is 17.6 Å². The molecule has 0 amide bonds. The van der Waals surface area contributed by atoms with E-state index in [1.54, 1.807) is 7.11 Å². The van der Waals surface area contributed by atoms with Crippen LogP contribution in [0.15, 0.2) is 24.3 Å². The molecule has 0 heterocycles. The van der Waals surface area contributed by atoms with Gasteiger partial charge in [-0.05, 0) is 30.4 Å². The van der Waals surface area contributed by atoms with Crippen molar-refractivity contribution in [1.29, 1.82) is 0 Å². The summed E-state index contributed by atoms with van der Waals surface area (Å²) in [6.07, 6.45) is 2.68. The lowest BCUT2D eigenvalue weighted by Gasteiger charge is -2.24. The molecule has 0 atom stereocenters. The molecule has 0 saturated heterocycles. The Balaban J connectivity index is 2.05. The number of hydrogen-bond donors (Lipinski definition) is 0. The molecule has 2 rings (SSSR count). The van der Waals surface area contributed by atoms with Gasteiger partial charge in [-0.3, -0.25) is 0 Å². The second-order valence-electron chi connectivity index (χ2n) is 4.69. The van der Waals surface area contributed by atoms with Crippen molar-refractivity contribution in [3.8, 4) is 5.75 Å². The number of nitrogens with zero attached hydrogens (tertiary/aromatic N) is 1. The molecule has 0 radical (unpaired) electrons. The second-order valence-corrected chi connectivity index (χ2v) is 5.25. The van der Waals surface area contributed by atoms with Crippen molar-refractivity contribution in [2.45, 2.75) is 12.8 Å². The number of benzene rings is 1. The molecule has 0 aliphatic heterocycles. The average molecular weight is 284 g/mol. The topological polar surface area (TPSA) is 12.5 Å². The molecule has 0 aromatic heterocycles. The summed E-state index contributed by atoms with van der Waals surface area (Å²) in [5, 5.41) is 1.11. The smallest absolute Gasteiger partial charge is 0.120 e. The van der Waals surface area contributed by atoms with Crippen LogP contribution < -0.4 is 9.64 Å². The first-order valence-corrected chi connectivity index (χ1v) is 6.72. The highest BCUT2D eigenvalue weighted by molar-refractivity contribution is 9.09. The predicted octanol–water partition coefficient (Wildman–Crippen LogP) is 3.31. The summed E-state index contributed by atoms with van der Waals surface area (Å²) in [7, 11) is 3.86. The largest absolute Gasteiger partial charge is 0.497 e. The second kappa shape index (κ2) is 4.66. The average Bonchev–Trinajstić information content (AvgIpc) is 3.09. The first-order valence-electron chi connectivity index (χ1n) is 5.60. The van der Waals surface area contributed by atoms with Crippen molar-refractivity contribution in [1.82, 2.24) is 0 Å². The Kier molecular flexibility index (Phi) is 3.43. The molecule has 0 unspecified atom stereocenters. The van der Waals surface area contributed by atoms with Gasteiger partial charge in [0, 0.05) is 30.7 Å². The van der Waals surface area contributed by atoms with E-state index in [1.807, 2.05) is 12.1 Å². The van der Waals surface area contributed by atoms with E-state index in [0.29, 0.717) is 5.41 Å². The molecular formula is C13H18BrNO. The van der Waals surface area contributed by atoms with E-state index in [-0.39, 0.29) is 0 Å².